The molecule has 0 saturated heterocycles. The standard InChI is InChI=1S/C20H15N3OS/c24-20-18(14-17-12-7-13-25-17)21-19(15-8-3-1-4-9-15)23(20)22-16-10-5-2-6-11-16/h1-14,22H. The van der Waals surface area contributed by atoms with Crippen LogP contribution in [0.1, 0.15) is 10.4 Å². The number of carbonyl (C=O) groups excluding carboxylic acids is 1. The minimum Gasteiger partial charge on any atom is -0.290 e. The van der Waals surface area contributed by atoms with E-state index in [9.17, 15) is 4.79 Å². The van der Waals surface area contributed by atoms with E-state index in [2.05, 4.69) is 10.4 Å². The maximum absolute atomic E-state index is 12.9. The predicted octanol–water partition coefficient (Wildman–Crippen LogP) is 4.41. The molecule has 2 aromatic carbocycles. The number of hydrogen-bond donors (Lipinski definition) is 1. The lowest BCUT2D eigenvalue weighted by Gasteiger charge is -2.20. The minimum atomic E-state index is -0.170. The van der Waals surface area contributed by atoms with E-state index >= 15 is 0 Å². The van der Waals surface area contributed by atoms with Gasteiger partial charge in [-0.05, 0) is 29.7 Å². The largest absolute Gasteiger partial charge is 0.297 e. The Labute approximate surface area is 149 Å². The van der Waals surface area contributed by atoms with Gasteiger partial charge in [0.2, 0.25) is 0 Å². The molecule has 0 bridgehead atoms. The van der Waals surface area contributed by atoms with Crippen molar-refractivity contribution in [3.63, 3.8) is 0 Å². The molecule has 2 heterocycles. The van der Waals surface area contributed by atoms with Crippen molar-refractivity contribution in [3.8, 4) is 0 Å². The van der Waals surface area contributed by atoms with Crippen LogP contribution >= 0.6 is 11.3 Å². The Morgan fingerprint density at radius 1 is 0.920 bits per heavy atom. The van der Waals surface area contributed by atoms with E-state index in [0.717, 1.165) is 16.1 Å². The van der Waals surface area contributed by atoms with Crippen LogP contribution in [0.3, 0.4) is 0 Å². The third-order valence-electron chi connectivity index (χ3n) is 3.73. The van der Waals surface area contributed by atoms with E-state index in [1.807, 2.05) is 84.3 Å². The number of para-hydroxylation sites is 1. The van der Waals surface area contributed by atoms with Crippen LogP contribution in [-0.4, -0.2) is 16.8 Å². The number of hydrogen-bond acceptors (Lipinski definition) is 4. The second-order valence-corrected chi connectivity index (χ2v) is 6.44. The number of nitrogens with one attached hydrogen (secondary N) is 1. The molecule has 1 amide bonds. The summed E-state index contributed by atoms with van der Waals surface area (Å²) in [5.74, 6) is 0.424. The molecule has 1 aliphatic heterocycles. The van der Waals surface area contributed by atoms with Crippen LogP contribution in [-0.2, 0) is 4.79 Å². The molecule has 1 N–H and O–H groups in total. The number of amides is 1. The fraction of sp³-hybridized carbons (Fsp3) is 0. The van der Waals surface area contributed by atoms with Gasteiger partial charge < -0.3 is 0 Å². The third-order valence-corrected chi connectivity index (χ3v) is 4.55. The second-order valence-electron chi connectivity index (χ2n) is 5.46. The average Bonchev–Trinajstić information content (AvgIpc) is 3.27. The van der Waals surface area contributed by atoms with Gasteiger partial charge in [-0.15, -0.1) is 11.3 Å². The molecule has 0 radical (unpaired) electrons. The molecule has 0 saturated carbocycles. The van der Waals surface area contributed by atoms with Crippen molar-refractivity contribution in [1.82, 2.24) is 5.01 Å². The van der Waals surface area contributed by atoms with Crippen molar-refractivity contribution in [2.75, 3.05) is 5.43 Å². The van der Waals surface area contributed by atoms with Gasteiger partial charge in [-0.1, -0.05) is 54.6 Å². The first-order valence-electron chi connectivity index (χ1n) is 7.87. The fourth-order valence-corrected chi connectivity index (χ4v) is 3.20. The van der Waals surface area contributed by atoms with Crippen LogP contribution in [0.25, 0.3) is 6.08 Å². The lowest BCUT2D eigenvalue weighted by molar-refractivity contribution is -0.121. The number of hydrazine groups is 1. The number of amidine groups is 1. The van der Waals surface area contributed by atoms with E-state index in [4.69, 9.17) is 0 Å². The van der Waals surface area contributed by atoms with Gasteiger partial charge >= 0.3 is 0 Å². The topological polar surface area (TPSA) is 44.7 Å². The Morgan fingerprint density at radius 2 is 1.64 bits per heavy atom. The number of anilines is 1. The molecule has 4 rings (SSSR count). The summed E-state index contributed by atoms with van der Waals surface area (Å²) in [5.41, 5.74) is 5.30. The van der Waals surface area contributed by atoms with Crippen LogP contribution in [0.4, 0.5) is 5.69 Å². The van der Waals surface area contributed by atoms with E-state index in [-0.39, 0.29) is 5.91 Å². The maximum atomic E-state index is 12.9. The van der Waals surface area contributed by atoms with Crippen molar-refractivity contribution >= 4 is 34.8 Å². The Balaban J connectivity index is 1.73. The molecule has 0 fully saturated rings. The zero-order chi connectivity index (χ0) is 17.1. The molecule has 25 heavy (non-hydrogen) atoms. The monoisotopic (exact) mass is 345 g/mol. The summed E-state index contributed by atoms with van der Waals surface area (Å²) in [6.07, 6.45) is 1.82. The first-order valence-corrected chi connectivity index (χ1v) is 8.75. The molecule has 3 aromatic rings. The van der Waals surface area contributed by atoms with E-state index in [0.29, 0.717) is 11.5 Å². The molecule has 1 aliphatic rings. The molecule has 122 valence electrons. The van der Waals surface area contributed by atoms with Gasteiger partial charge in [0, 0.05) is 10.4 Å². The molecule has 0 spiro atoms. The number of aliphatic imine (C=N–C) groups is 1. The number of rotatable bonds is 4. The average molecular weight is 345 g/mol. The first kappa shape index (κ1) is 15.4. The quantitative estimate of drug-likeness (QED) is 0.712. The minimum absolute atomic E-state index is 0.170. The Hall–Kier alpha value is -3.18. The van der Waals surface area contributed by atoms with Gasteiger partial charge in [0.05, 0.1) is 5.69 Å². The molecule has 4 nitrogen and oxygen atoms in total. The number of benzene rings is 2. The molecule has 0 atom stereocenters. The lowest BCUT2D eigenvalue weighted by atomic mass is 10.2. The van der Waals surface area contributed by atoms with Crippen LogP contribution in [0.2, 0.25) is 0 Å². The summed E-state index contributed by atoms with van der Waals surface area (Å²) in [7, 11) is 0. The van der Waals surface area contributed by atoms with Gasteiger partial charge in [-0.25, -0.2) is 4.99 Å². The van der Waals surface area contributed by atoms with Gasteiger partial charge in [0.25, 0.3) is 5.91 Å². The zero-order valence-electron chi connectivity index (χ0n) is 13.3. The summed E-state index contributed by atoms with van der Waals surface area (Å²) in [6.45, 7) is 0. The summed E-state index contributed by atoms with van der Waals surface area (Å²) >= 11 is 1.58. The van der Waals surface area contributed by atoms with E-state index in [1.165, 1.54) is 5.01 Å². The van der Waals surface area contributed by atoms with Crippen molar-refractivity contribution in [1.29, 1.82) is 0 Å². The van der Waals surface area contributed by atoms with Crippen LogP contribution < -0.4 is 5.43 Å². The highest BCUT2D eigenvalue weighted by molar-refractivity contribution is 7.10. The number of carbonyl (C=O) groups is 1. The SMILES string of the molecule is O=C1C(=Cc2cccs2)N=C(c2ccccc2)N1Nc1ccccc1. The Bertz CT molecular complexity index is 932. The van der Waals surface area contributed by atoms with Crippen LogP contribution in [0.5, 0.6) is 0 Å². The Kier molecular flexibility index (Phi) is 4.14. The summed E-state index contributed by atoms with van der Waals surface area (Å²) in [6, 6.07) is 23.2. The number of nitrogens with zero attached hydrogens (tertiary/aromatic N) is 2. The van der Waals surface area contributed by atoms with Gasteiger partial charge in [0.1, 0.15) is 5.70 Å². The van der Waals surface area contributed by atoms with Crippen molar-refractivity contribution in [3.05, 3.63) is 94.3 Å². The predicted molar refractivity (Wildman–Crippen MR) is 102 cm³/mol. The first-order chi connectivity index (χ1) is 12.3. The summed E-state index contributed by atoms with van der Waals surface area (Å²) in [5, 5.41) is 3.48. The molecule has 0 unspecified atom stereocenters. The van der Waals surface area contributed by atoms with Crippen molar-refractivity contribution in [2.24, 2.45) is 4.99 Å². The lowest BCUT2D eigenvalue weighted by Crippen LogP contribution is -2.37. The highest BCUT2D eigenvalue weighted by Crippen LogP contribution is 2.24. The molecular formula is C20H15N3OS. The number of thiophene rings is 1. The zero-order valence-corrected chi connectivity index (χ0v) is 14.1. The van der Waals surface area contributed by atoms with Crippen LogP contribution in [0, 0.1) is 0 Å². The summed E-state index contributed by atoms with van der Waals surface area (Å²) in [4.78, 5) is 18.5. The molecular weight excluding hydrogens is 330 g/mol. The van der Waals surface area contributed by atoms with Crippen molar-refractivity contribution < 1.29 is 4.79 Å². The second kappa shape index (κ2) is 6.75. The smallest absolute Gasteiger partial charge is 0.290 e. The van der Waals surface area contributed by atoms with E-state index in [1.54, 1.807) is 11.3 Å². The fourth-order valence-electron chi connectivity index (χ4n) is 2.55. The normalized spacial score (nSPS) is 15.5. The van der Waals surface area contributed by atoms with Crippen LogP contribution in [0.15, 0.2) is 88.9 Å². The third kappa shape index (κ3) is 3.22. The summed E-state index contributed by atoms with van der Waals surface area (Å²) < 4.78 is 0. The molecule has 0 aliphatic carbocycles. The van der Waals surface area contributed by atoms with Gasteiger partial charge in [-0.2, -0.15) is 5.01 Å². The Morgan fingerprint density at radius 3 is 2.32 bits per heavy atom. The highest BCUT2D eigenvalue weighted by Gasteiger charge is 2.31. The van der Waals surface area contributed by atoms with E-state index < -0.39 is 0 Å². The van der Waals surface area contributed by atoms with Crippen molar-refractivity contribution in [2.45, 2.75) is 0 Å². The molecule has 1 aromatic heterocycles. The van der Waals surface area contributed by atoms with Gasteiger partial charge in [0.15, 0.2) is 5.84 Å². The maximum Gasteiger partial charge on any atom is 0.297 e. The molecule has 5 heteroatoms. The van der Waals surface area contributed by atoms with Gasteiger partial charge in [-0.3, -0.25) is 10.2 Å². The highest BCUT2D eigenvalue weighted by atomic mass is 32.1.